The molecule has 1 heterocycles. The molecule has 0 unspecified atom stereocenters. The van der Waals surface area contributed by atoms with Crippen molar-refractivity contribution in [3.05, 3.63) is 53.1 Å². The van der Waals surface area contributed by atoms with Crippen molar-refractivity contribution in [3.8, 4) is 16.9 Å². The predicted octanol–water partition coefficient (Wildman–Crippen LogP) is 4.90. The Morgan fingerprint density at radius 2 is 1.74 bits per heavy atom. The van der Waals surface area contributed by atoms with Crippen LogP contribution in [0.25, 0.3) is 11.1 Å². The van der Waals surface area contributed by atoms with Gasteiger partial charge in [0.25, 0.3) is 0 Å². The first-order valence-corrected chi connectivity index (χ1v) is 11.5. The summed E-state index contributed by atoms with van der Waals surface area (Å²) in [7, 11) is 1.34. The monoisotopic (exact) mass is 466 g/mol. The van der Waals surface area contributed by atoms with E-state index in [1.165, 1.54) is 26.2 Å². The fourth-order valence-electron chi connectivity index (χ4n) is 5.63. The van der Waals surface area contributed by atoms with Gasteiger partial charge in [0.1, 0.15) is 17.5 Å². The average molecular weight is 467 g/mol. The summed E-state index contributed by atoms with van der Waals surface area (Å²) in [6.45, 7) is 7.72. The van der Waals surface area contributed by atoms with E-state index in [1.54, 1.807) is 18.2 Å². The van der Waals surface area contributed by atoms with Gasteiger partial charge in [-0.1, -0.05) is 32.9 Å². The summed E-state index contributed by atoms with van der Waals surface area (Å²) in [5.41, 5.74) is 1.75. The number of hydrogen-bond donors (Lipinski definition) is 1. The molecule has 34 heavy (non-hydrogen) atoms. The maximum atomic E-state index is 12.5. The van der Waals surface area contributed by atoms with E-state index in [0.29, 0.717) is 23.3 Å². The van der Waals surface area contributed by atoms with Gasteiger partial charge in [-0.2, -0.15) is 0 Å². The van der Waals surface area contributed by atoms with Gasteiger partial charge in [0.05, 0.1) is 18.2 Å². The Bertz CT molecular complexity index is 1150. The maximum absolute atomic E-state index is 12.5. The van der Waals surface area contributed by atoms with E-state index in [9.17, 15) is 19.5 Å². The lowest BCUT2D eigenvalue weighted by molar-refractivity contribution is -0.186. The molecule has 0 amide bonds. The molecule has 2 aromatic carbocycles. The summed E-state index contributed by atoms with van der Waals surface area (Å²) in [5, 5.41) is 9.27. The van der Waals surface area contributed by atoms with Crippen LogP contribution in [-0.2, 0) is 20.7 Å². The number of fused-ring (bicyclic) bond motifs is 1. The highest BCUT2D eigenvalue weighted by Crippen LogP contribution is 2.57. The number of rotatable bonds is 4. The fourth-order valence-corrected chi connectivity index (χ4v) is 5.63. The molecule has 0 bridgehead atoms. The number of carbonyl (C=O) groups excluding carboxylic acids is 2. The van der Waals surface area contributed by atoms with Crippen molar-refractivity contribution >= 4 is 17.9 Å². The van der Waals surface area contributed by atoms with E-state index in [4.69, 9.17) is 14.2 Å². The third-order valence-corrected chi connectivity index (χ3v) is 7.63. The van der Waals surface area contributed by atoms with Crippen molar-refractivity contribution in [2.24, 2.45) is 11.3 Å². The van der Waals surface area contributed by atoms with Crippen LogP contribution in [0.5, 0.6) is 5.75 Å². The van der Waals surface area contributed by atoms with Gasteiger partial charge in [0, 0.05) is 24.3 Å². The average Bonchev–Trinajstić information content (AvgIpc) is 3.20. The molecular weight excluding hydrogens is 436 g/mol. The van der Waals surface area contributed by atoms with Crippen LogP contribution in [0.4, 0.5) is 0 Å². The van der Waals surface area contributed by atoms with Gasteiger partial charge < -0.3 is 19.3 Å². The summed E-state index contributed by atoms with van der Waals surface area (Å²) in [6.07, 6.45) is 1.85. The molecule has 1 saturated carbocycles. The maximum Gasteiger partial charge on any atom is 0.337 e. The molecule has 1 aliphatic carbocycles. The number of carbonyl (C=O) groups is 3. The van der Waals surface area contributed by atoms with E-state index >= 15 is 0 Å². The molecule has 180 valence electrons. The molecule has 2 aromatic rings. The zero-order valence-electron chi connectivity index (χ0n) is 20.1. The van der Waals surface area contributed by atoms with Gasteiger partial charge in [-0.25, -0.2) is 9.59 Å². The van der Waals surface area contributed by atoms with Gasteiger partial charge in [0.15, 0.2) is 0 Å². The van der Waals surface area contributed by atoms with Gasteiger partial charge in [-0.15, -0.1) is 0 Å². The predicted molar refractivity (Wildman–Crippen MR) is 125 cm³/mol. The second-order valence-electron chi connectivity index (χ2n) is 9.85. The van der Waals surface area contributed by atoms with Crippen LogP contribution in [0.3, 0.4) is 0 Å². The highest BCUT2D eigenvalue weighted by atomic mass is 16.6. The molecule has 1 aliphatic heterocycles. The quantitative estimate of drug-likeness (QED) is 0.640. The highest BCUT2D eigenvalue weighted by Gasteiger charge is 2.61. The fraction of sp³-hybridized carbons (Fsp3) is 0.444. The van der Waals surface area contributed by atoms with Crippen molar-refractivity contribution in [2.75, 3.05) is 7.11 Å². The second-order valence-corrected chi connectivity index (χ2v) is 9.85. The van der Waals surface area contributed by atoms with Gasteiger partial charge >= 0.3 is 17.9 Å². The molecule has 2 aliphatic rings. The Morgan fingerprint density at radius 1 is 1.06 bits per heavy atom. The Morgan fingerprint density at radius 3 is 2.32 bits per heavy atom. The smallest absolute Gasteiger partial charge is 0.337 e. The largest absolute Gasteiger partial charge is 0.485 e. The van der Waals surface area contributed by atoms with Crippen LogP contribution in [-0.4, -0.2) is 41.8 Å². The zero-order chi connectivity index (χ0) is 24.8. The summed E-state index contributed by atoms with van der Waals surface area (Å²) in [6, 6.07) is 10.0. The Labute approximate surface area is 199 Å². The lowest BCUT2D eigenvalue weighted by atomic mass is 9.58. The van der Waals surface area contributed by atoms with Crippen molar-refractivity contribution in [1.82, 2.24) is 0 Å². The molecule has 1 fully saturated rings. The van der Waals surface area contributed by atoms with Gasteiger partial charge in [-0.3, -0.25) is 4.79 Å². The Hall–Kier alpha value is -3.35. The molecule has 0 aromatic heterocycles. The minimum absolute atomic E-state index is 0.172. The van der Waals surface area contributed by atoms with E-state index in [1.807, 2.05) is 6.07 Å². The van der Waals surface area contributed by atoms with Gasteiger partial charge in [-0.05, 0) is 54.2 Å². The molecule has 7 nitrogen and oxygen atoms in total. The van der Waals surface area contributed by atoms with E-state index < -0.39 is 23.0 Å². The molecule has 4 rings (SSSR count). The van der Waals surface area contributed by atoms with Crippen molar-refractivity contribution < 1.29 is 33.7 Å². The van der Waals surface area contributed by atoms with Crippen LogP contribution in [0.1, 0.15) is 66.8 Å². The minimum Gasteiger partial charge on any atom is -0.485 e. The van der Waals surface area contributed by atoms with Crippen LogP contribution in [0.15, 0.2) is 36.4 Å². The van der Waals surface area contributed by atoms with Crippen molar-refractivity contribution in [3.63, 3.8) is 0 Å². The number of methoxy groups -OCH3 is 1. The summed E-state index contributed by atoms with van der Waals surface area (Å²) in [4.78, 5) is 35.6. The van der Waals surface area contributed by atoms with E-state index in [2.05, 4.69) is 20.8 Å². The van der Waals surface area contributed by atoms with Crippen molar-refractivity contribution in [2.45, 2.75) is 58.7 Å². The molecule has 1 N–H and O–H groups in total. The number of hydrogen-bond acceptors (Lipinski definition) is 6. The summed E-state index contributed by atoms with van der Waals surface area (Å²) >= 11 is 0. The number of aromatic carboxylic acids is 1. The first kappa shape index (κ1) is 23.8. The lowest BCUT2D eigenvalue weighted by Gasteiger charge is -2.54. The number of carboxylic acid groups (broad SMARTS) is 1. The first-order valence-electron chi connectivity index (χ1n) is 11.5. The third-order valence-electron chi connectivity index (χ3n) is 7.63. The van der Waals surface area contributed by atoms with Crippen LogP contribution >= 0.6 is 0 Å². The normalized spacial score (nSPS) is 24.7. The summed E-state index contributed by atoms with van der Waals surface area (Å²) < 4.78 is 17.6. The van der Waals surface area contributed by atoms with Crippen LogP contribution in [0, 0.1) is 11.3 Å². The third kappa shape index (κ3) is 3.73. The molecule has 0 saturated heterocycles. The molecule has 3 atom stereocenters. The molecule has 0 radical (unpaired) electrons. The number of benzene rings is 2. The minimum atomic E-state index is -1.01. The second kappa shape index (κ2) is 8.46. The SMILES string of the molecule is COC(=O)c1cc2c(c(-c3ccc(C(=O)O)cc3)c1)O[C@@]1(C2)[C@H](C)CC[C@H](OC(C)=O)C1(C)C. The highest BCUT2D eigenvalue weighted by molar-refractivity contribution is 5.93. The first-order chi connectivity index (χ1) is 16.0. The van der Waals surface area contributed by atoms with Crippen molar-refractivity contribution in [1.29, 1.82) is 0 Å². The number of ether oxygens (including phenoxy) is 3. The number of carboxylic acids is 1. The van der Waals surface area contributed by atoms with E-state index in [0.717, 1.165) is 24.0 Å². The Balaban J connectivity index is 1.84. The van der Waals surface area contributed by atoms with Gasteiger partial charge in [0.2, 0.25) is 0 Å². The zero-order valence-corrected chi connectivity index (χ0v) is 20.1. The lowest BCUT2D eigenvalue weighted by Crippen LogP contribution is -2.62. The standard InChI is InChI=1S/C27H30O7/c1-15-6-11-22(33-16(2)28)26(3,4)27(15)14-20-12-19(25(31)32-5)13-21(23(20)34-27)17-7-9-18(10-8-17)24(29)30/h7-10,12-13,15,22H,6,11,14H2,1-5H3,(H,29,30)/t15-,22+,27+/m1/s1. The Kier molecular flexibility index (Phi) is 5.92. The topological polar surface area (TPSA) is 99.1 Å². The molecule has 7 heteroatoms. The van der Waals surface area contributed by atoms with Crippen LogP contribution < -0.4 is 4.74 Å². The number of esters is 2. The van der Waals surface area contributed by atoms with E-state index in [-0.39, 0.29) is 23.6 Å². The summed E-state index contributed by atoms with van der Waals surface area (Å²) in [5.74, 6) is -0.944. The molecule has 1 spiro atoms. The molecular formula is C27H30O7. The van der Waals surface area contributed by atoms with Crippen LogP contribution in [0.2, 0.25) is 0 Å².